The number of phenolic OH excluding ortho intramolecular Hbond substituents is 1. The molecule has 1 aromatic rings. The van der Waals surface area contributed by atoms with Gasteiger partial charge in [0.2, 0.25) is 0 Å². The molecular formula is C23H29NO7. The Bertz CT molecular complexity index is 937. The first-order valence-corrected chi connectivity index (χ1v) is 11.1. The maximum Gasteiger partial charge on any atom is 0.187 e. The molecule has 5 aliphatic rings. The first kappa shape index (κ1) is 20.0. The van der Waals surface area contributed by atoms with Crippen LogP contribution in [0.5, 0.6) is 11.5 Å². The molecule has 0 saturated carbocycles. The minimum absolute atomic E-state index is 0.138. The van der Waals surface area contributed by atoms with E-state index in [0.717, 1.165) is 24.9 Å². The topological polar surface area (TPSA) is 112 Å². The molecule has 2 saturated heterocycles. The Balaban J connectivity index is 1.40. The Morgan fingerprint density at radius 1 is 1.13 bits per heavy atom. The van der Waals surface area contributed by atoms with Crippen LogP contribution in [0, 0.1) is 5.92 Å². The lowest BCUT2D eigenvalue weighted by Crippen LogP contribution is -2.66. The number of hydrogen-bond donors (Lipinski definition) is 4. The van der Waals surface area contributed by atoms with Gasteiger partial charge in [0.25, 0.3) is 0 Å². The summed E-state index contributed by atoms with van der Waals surface area (Å²) in [6.07, 6.45) is -0.668. The summed E-state index contributed by atoms with van der Waals surface area (Å²) in [5.41, 5.74) is 1.98. The van der Waals surface area contributed by atoms with Crippen LogP contribution in [-0.2, 0) is 21.3 Å². The lowest BCUT2D eigenvalue weighted by molar-refractivity contribution is -0.307. The van der Waals surface area contributed by atoms with E-state index in [9.17, 15) is 20.4 Å². The molecule has 0 aromatic heterocycles. The molecule has 0 amide bonds. The molecule has 31 heavy (non-hydrogen) atoms. The van der Waals surface area contributed by atoms with Crippen LogP contribution < -0.4 is 4.74 Å². The summed E-state index contributed by atoms with van der Waals surface area (Å²) >= 11 is 0. The van der Waals surface area contributed by atoms with Crippen molar-refractivity contribution in [2.45, 2.75) is 74.1 Å². The molecule has 2 bridgehead atoms. The van der Waals surface area contributed by atoms with Crippen LogP contribution in [0.4, 0.5) is 0 Å². The highest BCUT2D eigenvalue weighted by molar-refractivity contribution is 5.61. The SMILES string of the molecule is C[C@@H]1O[C@@H](O[C@H]2C=C[C@H]3[C@H]4Cc5ccc(O)c6c5[C@@]3(CCN4C)[C@H]2O6)[C@H](O)[C@H](O)[C@H]1O. The number of rotatable bonds is 2. The van der Waals surface area contributed by atoms with Crippen LogP contribution in [0.3, 0.4) is 0 Å². The van der Waals surface area contributed by atoms with Gasteiger partial charge in [-0.25, -0.2) is 0 Å². The van der Waals surface area contributed by atoms with Gasteiger partial charge in [0.1, 0.15) is 30.5 Å². The second-order valence-corrected chi connectivity index (χ2v) is 9.72. The van der Waals surface area contributed by atoms with Crippen molar-refractivity contribution in [3.63, 3.8) is 0 Å². The van der Waals surface area contributed by atoms with Crippen molar-refractivity contribution in [3.05, 3.63) is 35.4 Å². The summed E-state index contributed by atoms with van der Waals surface area (Å²) in [6.45, 7) is 2.55. The summed E-state index contributed by atoms with van der Waals surface area (Å²) in [6, 6.07) is 4.05. The number of piperidine rings is 1. The number of likely N-dealkylation sites (tertiary alicyclic amines) is 1. The number of benzene rings is 1. The van der Waals surface area contributed by atoms with Crippen molar-refractivity contribution in [1.82, 2.24) is 4.90 Å². The zero-order valence-electron chi connectivity index (χ0n) is 17.6. The number of aliphatic hydroxyl groups is 3. The maximum absolute atomic E-state index is 10.6. The number of nitrogens with zero attached hydrogens (tertiary/aromatic N) is 1. The molecule has 168 valence electrons. The minimum Gasteiger partial charge on any atom is -0.504 e. The highest BCUT2D eigenvalue weighted by Gasteiger charge is 2.65. The van der Waals surface area contributed by atoms with E-state index in [1.165, 1.54) is 5.56 Å². The summed E-state index contributed by atoms with van der Waals surface area (Å²) < 4.78 is 18.3. The first-order valence-electron chi connectivity index (χ1n) is 11.1. The van der Waals surface area contributed by atoms with Gasteiger partial charge in [-0.3, -0.25) is 0 Å². The second-order valence-electron chi connectivity index (χ2n) is 9.72. The lowest BCUT2D eigenvalue weighted by Gasteiger charge is -2.57. The fourth-order valence-electron chi connectivity index (χ4n) is 6.62. The lowest BCUT2D eigenvalue weighted by atomic mass is 9.53. The molecular weight excluding hydrogens is 402 g/mol. The molecule has 8 heteroatoms. The minimum atomic E-state index is -1.38. The van der Waals surface area contributed by atoms with E-state index in [0.29, 0.717) is 11.8 Å². The smallest absolute Gasteiger partial charge is 0.187 e. The third kappa shape index (κ3) is 2.52. The molecule has 3 heterocycles. The Kier molecular flexibility index (Phi) is 4.29. The molecule has 4 N–H and O–H groups in total. The van der Waals surface area contributed by atoms with Gasteiger partial charge < -0.3 is 39.5 Å². The van der Waals surface area contributed by atoms with Crippen molar-refractivity contribution >= 4 is 0 Å². The van der Waals surface area contributed by atoms with E-state index < -0.39 is 36.8 Å². The Labute approximate surface area is 180 Å². The summed E-state index contributed by atoms with van der Waals surface area (Å²) in [7, 11) is 2.16. The standard InChI is InChI=1S/C23H29NO7/c1-10-17(26)18(27)19(28)22(29-10)30-15-6-4-12-13-9-11-3-5-14(25)20-16(11)23(12,21(15)31-20)7-8-24(13)2/h3-6,10,12-13,15,17-19,21-22,25-28H,7-9H2,1-2H3/t10-,12-,13+,15-,17-,18+,19+,21-,22-,23-/m0/s1. The Hall–Kier alpha value is -1.68. The van der Waals surface area contributed by atoms with Gasteiger partial charge in [0.15, 0.2) is 17.8 Å². The molecule has 6 rings (SSSR count). The van der Waals surface area contributed by atoms with Gasteiger partial charge in [0.05, 0.1) is 6.10 Å². The first-order chi connectivity index (χ1) is 14.8. The van der Waals surface area contributed by atoms with E-state index >= 15 is 0 Å². The average molecular weight is 431 g/mol. The van der Waals surface area contributed by atoms with E-state index in [4.69, 9.17) is 14.2 Å². The predicted octanol–water partition coefficient (Wildman–Crippen LogP) is 0.0499. The molecule has 0 unspecified atom stereocenters. The van der Waals surface area contributed by atoms with Crippen LogP contribution in [0.2, 0.25) is 0 Å². The Morgan fingerprint density at radius 2 is 1.94 bits per heavy atom. The van der Waals surface area contributed by atoms with Crippen LogP contribution in [0.1, 0.15) is 24.5 Å². The van der Waals surface area contributed by atoms with Crippen LogP contribution in [0.15, 0.2) is 24.3 Å². The number of aliphatic hydroxyl groups excluding tert-OH is 3. The molecule has 2 fully saturated rings. The van der Waals surface area contributed by atoms with Crippen LogP contribution >= 0.6 is 0 Å². The number of ether oxygens (including phenoxy) is 3. The van der Waals surface area contributed by atoms with E-state index in [1.807, 2.05) is 12.1 Å². The van der Waals surface area contributed by atoms with Crippen LogP contribution in [0.25, 0.3) is 0 Å². The monoisotopic (exact) mass is 431 g/mol. The molecule has 0 radical (unpaired) electrons. The van der Waals surface area contributed by atoms with Crippen molar-refractivity contribution in [1.29, 1.82) is 0 Å². The van der Waals surface area contributed by atoms with Crippen molar-refractivity contribution < 1.29 is 34.6 Å². The van der Waals surface area contributed by atoms with Gasteiger partial charge in [0, 0.05) is 22.9 Å². The third-order valence-corrected chi connectivity index (χ3v) is 8.23. The molecule has 1 aromatic carbocycles. The maximum atomic E-state index is 10.6. The molecule has 8 nitrogen and oxygen atoms in total. The van der Waals surface area contributed by atoms with Gasteiger partial charge in [-0.15, -0.1) is 0 Å². The van der Waals surface area contributed by atoms with Crippen LogP contribution in [-0.4, -0.2) is 87.9 Å². The van der Waals surface area contributed by atoms with Gasteiger partial charge in [-0.05, 0) is 45.0 Å². The van der Waals surface area contributed by atoms with Gasteiger partial charge in [-0.1, -0.05) is 18.2 Å². The van der Waals surface area contributed by atoms with E-state index in [-0.39, 0.29) is 23.2 Å². The summed E-state index contributed by atoms with van der Waals surface area (Å²) in [5, 5.41) is 41.2. The highest BCUT2D eigenvalue weighted by Crippen LogP contribution is 2.62. The van der Waals surface area contributed by atoms with E-state index in [1.54, 1.807) is 13.0 Å². The zero-order valence-corrected chi connectivity index (χ0v) is 17.6. The molecule has 3 aliphatic heterocycles. The van der Waals surface area contributed by atoms with Crippen molar-refractivity contribution in [2.24, 2.45) is 5.92 Å². The number of phenols is 1. The summed E-state index contributed by atoms with van der Waals surface area (Å²) in [4.78, 5) is 2.40. The van der Waals surface area contributed by atoms with Gasteiger partial charge >= 0.3 is 0 Å². The molecule has 10 atom stereocenters. The molecule has 1 spiro atoms. The molecule has 2 aliphatic carbocycles. The van der Waals surface area contributed by atoms with Crippen molar-refractivity contribution in [3.8, 4) is 11.5 Å². The van der Waals surface area contributed by atoms with E-state index in [2.05, 4.69) is 18.0 Å². The second kappa shape index (κ2) is 6.66. The quantitative estimate of drug-likeness (QED) is 0.486. The zero-order chi connectivity index (χ0) is 21.7. The number of aromatic hydroxyl groups is 1. The summed E-state index contributed by atoms with van der Waals surface area (Å²) in [5.74, 6) is 0.912. The average Bonchev–Trinajstić information content (AvgIpc) is 3.11. The number of likely N-dealkylation sites (N-methyl/N-ethyl adjacent to an activating group) is 1. The predicted molar refractivity (Wildman–Crippen MR) is 109 cm³/mol. The normalized spacial score (nSPS) is 47.7. The fourth-order valence-corrected chi connectivity index (χ4v) is 6.62. The number of hydrogen-bond acceptors (Lipinski definition) is 8. The largest absolute Gasteiger partial charge is 0.504 e. The van der Waals surface area contributed by atoms with Gasteiger partial charge in [-0.2, -0.15) is 0 Å². The van der Waals surface area contributed by atoms with Crippen molar-refractivity contribution in [2.75, 3.05) is 13.6 Å². The third-order valence-electron chi connectivity index (χ3n) is 8.23. The highest BCUT2D eigenvalue weighted by atomic mass is 16.7. The Morgan fingerprint density at radius 3 is 2.74 bits per heavy atom. The fraction of sp³-hybridized carbons (Fsp3) is 0.652.